The average molecular weight is 514 g/mol. The standard InChI is InChI=1S/C29H23N9O/c1-35-19-24(18-33-35)22-14-26(29-23(15-30)17-34-38(29)20-22)21-5-7-27(32-16-21)36-10-12-37(13-11-36)28(39)8-6-25-4-2-3-9-31-25/h2-5,7,9,14,16-20H,10-13H2,1H3. The maximum absolute atomic E-state index is 12.5. The second-order valence-corrected chi connectivity index (χ2v) is 9.16. The Labute approximate surface area is 224 Å². The van der Waals surface area contributed by atoms with E-state index in [1.165, 1.54) is 0 Å². The van der Waals surface area contributed by atoms with Crippen molar-refractivity contribution in [3.8, 4) is 40.2 Å². The SMILES string of the molecule is Cn1cc(-c2cc(-c3ccc(N4CCN(C(=O)C#Cc5ccccn5)CC4)nc3)c3c(C#N)cnn3c2)cn1. The number of rotatable bonds is 3. The molecule has 190 valence electrons. The number of aromatic nitrogens is 6. The van der Waals surface area contributed by atoms with Crippen LogP contribution < -0.4 is 4.90 Å². The van der Waals surface area contributed by atoms with Gasteiger partial charge < -0.3 is 9.80 Å². The first-order valence-corrected chi connectivity index (χ1v) is 12.4. The number of carbonyl (C=O) groups excluding carboxylic acids is 1. The van der Waals surface area contributed by atoms with Crippen molar-refractivity contribution in [2.75, 3.05) is 31.1 Å². The lowest BCUT2D eigenvalue weighted by Crippen LogP contribution is -2.48. The minimum absolute atomic E-state index is 0.199. The summed E-state index contributed by atoms with van der Waals surface area (Å²) in [6.07, 6.45) is 10.7. The number of hydrogen-bond donors (Lipinski definition) is 0. The molecule has 0 atom stereocenters. The number of piperazine rings is 1. The molecule has 6 rings (SSSR count). The lowest BCUT2D eigenvalue weighted by molar-refractivity contribution is -0.125. The first-order chi connectivity index (χ1) is 19.1. The highest BCUT2D eigenvalue weighted by Gasteiger charge is 2.21. The van der Waals surface area contributed by atoms with E-state index < -0.39 is 0 Å². The summed E-state index contributed by atoms with van der Waals surface area (Å²) in [6, 6.07) is 13.7. The molecule has 0 aliphatic carbocycles. The minimum atomic E-state index is -0.199. The van der Waals surface area contributed by atoms with Gasteiger partial charge in [0.15, 0.2) is 0 Å². The number of nitrogens with zero attached hydrogens (tertiary/aromatic N) is 9. The van der Waals surface area contributed by atoms with Crippen molar-refractivity contribution in [3.05, 3.63) is 84.8 Å². The monoisotopic (exact) mass is 513 g/mol. The van der Waals surface area contributed by atoms with E-state index in [9.17, 15) is 10.1 Å². The number of anilines is 1. The molecule has 5 aromatic heterocycles. The third-order valence-corrected chi connectivity index (χ3v) is 6.68. The van der Waals surface area contributed by atoms with Gasteiger partial charge in [-0.3, -0.25) is 9.48 Å². The maximum Gasteiger partial charge on any atom is 0.299 e. The summed E-state index contributed by atoms with van der Waals surface area (Å²) in [5.74, 6) is 6.16. The van der Waals surface area contributed by atoms with E-state index >= 15 is 0 Å². The molecule has 0 N–H and O–H groups in total. The lowest BCUT2D eigenvalue weighted by Gasteiger charge is -2.34. The first-order valence-electron chi connectivity index (χ1n) is 12.4. The van der Waals surface area contributed by atoms with Gasteiger partial charge in [-0.25, -0.2) is 14.5 Å². The Kier molecular flexibility index (Phi) is 6.20. The van der Waals surface area contributed by atoms with E-state index in [1.807, 2.05) is 56.0 Å². The minimum Gasteiger partial charge on any atom is -0.353 e. The summed E-state index contributed by atoms with van der Waals surface area (Å²) in [5.41, 5.74) is 5.45. The molecule has 1 amide bonds. The van der Waals surface area contributed by atoms with Crippen LogP contribution in [0.2, 0.25) is 0 Å². The smallest absolute Gasteiger partial charge is 0.299 e. The van der Waals surface area contributed by atoms with Crippen LogP contribution >= 0.6 is 0 Å². The van der Waals surface area contributed by atoms with Crippen LogP contribution in [0.3, 0.4) is 0 Å². The molecule has 1 aliphatic heterocycles. The summed E-state index contributed by atoms with van der Waals surface area (Å²) in [6.45, 7) is 2.44. The second kappa shape index (κ2) is 10.1. The molecule has 0 bridgehead atoms. The molecular weight excluding hydrogens is 490 g/mol. The Morgan fingerprint density at radius 3 is 2.49 bits per heavy atom. The topological polar surface area (TPSA) is 108 Å². The molecule has 10 heteroatoms. The molecule has 0 radical (unpaired) electrons. The van der Waals surface area contributed by atoms with Gasteiger partial charge >= 0.3 is 0 Å². The fourth-order valence-electron chi connectivity index (χ4n) is 4.66. The van der Waals surface area contributed by atoms with Crippen molar-refractivity contribution >= 4 is 17.2 Å². The zero-order valence-corrected chi connectivity index (χ0v) is 21.2. The molecule has 1 fully saturated rings. The summed E-state index contributed by atoms with van der Waals surface area (Å²) in [4.78, 5) is 25.3. The van der Waals surface area contributed by atoms with Crippen LogP contribution in [0.25, 0.3) is 27.8 Å². The first kappa shape index (κ1) is 23.9. The summed E-state index contributed by atoms with van der Waals surface area (Å²) < 4.78 is 3.48. The Morgan fingerprint density at radius 2 is 1.79 bits per heavy atom. The number of hydrogen-bond acceptors (Lipinski definition) is 7. The van der Waals surface area contributed by atoms with Gasteiger partial charge in [0, 0.05) is 86.2 Å². The molecule has 5 aromatic rings. The van der Waals surface area contributed by atoms with Crippen molar-refractivity contribution in [1.82, 2.24) is 34.3 Å². The molecular formula is C29H23N9O. The van der Waals surface area contributed by atoms with E-state index in [2.05, 4.69) is 38.0 Å². The van der Waals surface area contributed by atoms with E-state index in [0.29, 0.717) is 37.4 Å². The van der Waals surface area contributed by atoms with E-state index in [-0.39, 0.29) is 5.91 Å². The van der Waals surface area contributed by atoms with Crippen LogP contribution in [0.1, 0.15) is 11.3 Å². The Bertz CT molecular complexity index is 1760. The predicted molar refractivity (Wildman–Crippen MR) is 145 cm³/mol. The van der Waals surface area contributed by atoms with Crippen LogP contribution in [0.15, 0.2) is 73.6 Å². The van der Waals surface area contributed by atoms with Crippen molar-refractivity contribution in [2.45, 2.75) is 0 Å². The van der Waals surface area contributed by atoms with Gasteiger partial charge in [-0.05, 0) is 36.3 Å². The molecule has 0 saturated carbocycles. The molecule has 6 heterocycles. The van der Waals surface area contributed by atoms with E-state index in [0.717, 1.165) is 33.6 Å². The largest absolute Gasteiger partial charge is 0.353 e. The summed E-state index contributed by atoms with van der Waals surface area (Å²) in [5, 5.41) is 18.4. The Balaban J connectivity index is 1.21. The highest BCUT2D eigenvalue weighted by Crippen LogP contribution is 2.32. The number of pyridine rings is 3. The third kappa shape index (κ3) is 4.79. The Morgan fingerprint density at radius 1 is 0.923 bits per heavy atom. The number of aryl methyl sites for hydroxylation is 1. The second-order valence-electron chi connectivity index (χ2n) is 9.16. The molecule has 0 aromatic carbocycles. The molecule has 1 aliphatic rings. The van der Waals surface area contributed by atoms with Gasteiger partial charge in [0.25, 0.3) is 5.91 Å². The fraction of sp³-hybridized carbons (Fsp3) is 0.172. The number of amides is 1. The van der Waals surface area contributed by atoms with Crippen LogP contribution in [0, 0.1) is 23.2 Å². The number of nitriles is 1. The average Bonchev–Trinajstić information content (AvgIpc) is 3.62. The normalized spacial score (nSPS) is 13.1. The van der Waals surface area contributed by atoms with Gasteiger partial charge in [-0.2, -0.15) is 15.5 Å². The van der Waals surface area contributed by atoms with Crippen molar-refractivity contribution in [1.29, 1.82) is 5.26 Å². The fourth-order valence-corrected chi connectivity index (χ4v) is 4.66. The van der Waals surface area contributed by atoms with Crippen molar-refractivity contribution < 1.29 is 4.79 Å². The van der Waals surface area contributed by atoms with E-state index in [4.69, 9.17) is 4.98 Å². The zero-order chi connectivity index (χ0) is 26.8. The Hall–Kier alpha value is -5.48. The molecule has 39 heavy (non-hydrogen) atoms. The zero-order valence-electron chi connectivity index (χ0n) is 21.2. The van der Waals surface area contributed by atoms with Crippen molar-refractivity contribution in [2.24, 2.45) is 7.05 Å². The quantitative estimate of drug-likeness (QED) is 0.341. The molecule has 0 spiro atoms. The molecule has 1 saturated heterocycles. The van der Waals surface area contributed by atoms with E-state index in [1.54, 1.807) is 38.8 Å². The van der Waals surface area contributed by atoms with Crippen LogP contribution in [-0.2, 0) is 11.8 Å². The van der Waals surface area contributed by atoms with Crippen LogP contribution in [0.4, 0.5) is 5.82 Å². The van der Waals surface area contributed by atoms with Gasteiger partial charge in [0.2, 0.25) is 0 Å². The highest BCUT2D eigenvalue weighted by atomic mass is 16.2. The number of fused-ring (bicyclic) bond motifs is 1. The number of carbonyl (C=O) groups is 1. The van der Waals surface area contributed by atoms with Crippen LogP contribution in [0.5, 0.6) is 0 Å². The highest BCUT2D eigenvalue weighted by molar-refractivity contribution is 5.94. The van der Waals surface area contributed by atoms with Gasteiger partial charge in [-0.1, -0.05) is 6.07 Å². The summed E-state index contributed by atoms with van der Waals surface area (Å²) in [7, 11) is 1.87. The van der Waals surface area contributed by atoms with Crippen molar-refractivity contribution in [3.63, 3.8) is 0 Å². The summed E-state index contributed by atoms with van der Waals surface area (Å²) >= 11 is 0. The molecule has 0 unspecified atom stereocenters. The van der Waals surface area contributed by atoms with Gasteiger partial charge in [0.1, 0.15) is 17.6 Å². The lowest BCUT2D eigenvalue weighted by atomic mass is 10.0. The molecule has 10 nitrogen and oxygen atoms in total. The predicted octanol–water partition coefficient (Wildman–Crippen LogP) is 2.76. The van der Waals surface area contributed by atoms with Crippen LogP contribution in [-0.4, -0.2) is 66.3 Å². The van der Waals surface area contributed by atoms with Gasteiger partial charge in [-0.15, -0.1) is 0 Å². The van der Waals surface area contributed by atoms with Gasteiger partial charge in [0.05, 0.1) is 23.5 Å². The third-order valence-electron chi connectivity index (χ3n) is 6.68. The maximum atomic E-state index is 12.5.